The number of carbonyl (C=O) groups is 1. The predicted octanol–water partition coefficient (Wildman–Crippen LogP) is 10.5. The van der Waals surface area contributed by atoms with Crippen LogP contribution < -0.4 is 0 Å². The summed E-state index contributed by atoms with van der Waals surface area (Å²) in [7, 11) is 0. The molecule has 0 heterocycles. The van der Waals surface area contributed by atoms with Gasteiger partial charge in [0.15, 0.2) is 0 Å². The van der Waals surface area contributed by atoms with Crippen molar-refractivity contribution in [1.82, 2.24) is 0 Å². The van der Waals surface area contributed by atoms with Crippen LogP contribution in [0, 0.1) is 0 Å². The van der Waals surface area contributed by atoms with Crippen molar-refractivity contribution in [3.63, 3.8) is 0 Å². The molecule has 208 valence electrons. The molecule has 0 amide bonds. The summed E-state index contributed by atoms with van der Waals surface area (Å²) in [4.78, 5) is 10.5. The van der Waals surface area contributed by atoms with Crippen LogP contribution in [0.1, 0.15) is 180 Å². The fourth-order valence-electron chi connectivity index (χ4n) is 4.86. The van der Waals surface area contributed by atoms with Gasteiger partial charge in [-0.1, -0.05) is 147 Å². The summed E-state index contributed by atoms with van der Waals surface area (Å²) in [6.07, 6.45) is 40.6. The second-order valence-electron chi connectivity index (χ2n) is 10.8. The molecule has 0 saturated heterocycles. The minimum atomic E-state index is -0.653. The second kappa shape index (κ2) is 31.2. The smallest absolute Gasteiger partial charge is 0.303 e. The van der Waals surface area contributed by atoms with Crippen molar-refractivity contribution in [2.24, 2.45) is 0 Å². The van der Waals surface area contributed by atoms with E-state index in [1.165, 1.54) is 154 Å². The number of allylic oxidation sites excluding steroid dienone is 2. The molecule has 0 saturated carbocycles. The van der Waals surface area contributed by atoms with Gasteiger partial charge in [-0.2, -0.15) is 0 Å². The first-order valence-electron chi connectivity index (χ1n) is 15.7. The fraction of sp³-hybridized carbons (Fsp3) is 0.906. The highest BCUT2D eigenvalue weighted by atomic mass is 16.4. The summed E-state index contributed by atoms with van der Waals surface area (Å²) in [5.74, 6) is -0.653. The standard InChI is InChI=1S/C32H62O3/c33-31-29-27-25-23-21-19-17-15-13-11-9-7-5-3-1-2-4-6-8-10-12-14-16-18-20-22-24-26-28-30-32(34)35/h13,15,33H,1-12,14,16-31H2,(H,34,35)/b15-13+. The normalized spacial score (nSPS) is 11.6. The number of aliphatic carboxylic acids is 1. The maximum absolute atomic E-state index is 10.5. The van der Waals surface area contributed by atoms with E-state index >= 15 is 0 Å². The molecule has 0 fully saturated rings. The lowest BCUT2D eigenvalue weighted by atomic mass is 10.0. The highest BCUT2D eigenvalue weighted by molar-refractivity contribution is 5.66. The Morgan fingerprint density at radius 2 is 0.657 bits per heavy atom. The molecule has 0 aromatic rings. The van der Waals surface area contributed by atoms with E-state index in [4.69, 9.17) is 10.2 Å². The van der Waals surface area contributed by atoms with E-state index in [1.807, 2.05) is 0 Å². The lowest BCUT2D eigenvalue weighted by Gasteiger charge is -2.04. The molecular formula is C32H62O3. The number of unbranched alkanes of at least 4 members (excludes halogenated alkanes) is 25. The fourth-order valence-corrected chi connectivity index (χ4v) is 4.86. The van der Waals surface area contributed by atoms with Crippen LogP contribution in [0.4, 0.5) is 0 Å². The zero-order valence-corrected chi connectivity index (χ0v) is 23.5. The van der Waals surface area contributed by atoms with Gasteiger partial charge in [-0.05, 0) is 38.5 Å². The van der Waals surface area contributed by atoms with Gasteiger partial charge in [-0.15, -0.1) is 0 Å². The molecule has 0 aromatic heterocycles. The largest absolute Gasteiger partial charge is 0.481 e. The Morgan fingerprint density at radius 3 is 0.943 bits per heavy atom. The Hall–Kier alpha value is -0.830. The summed E-state index contributed by atoms with van der Waals surface area (Å²) in [6.45, 7) is 0.354. The van der Waals surface area contributed by atoms with E-state index in [1.54, 1.807) is 0 Å². The van der Waals surface area contributed by atoms with Crippen LogP contribution in [0.5, 0.6) is 0 Å². The van der Waals surface area contributed by atoms with Crippen LogP contribution in [-0.2, 0) is 4.79 Å². The molecule has 35 heavy (non-hydrogen) atoms. The van der Waals surface area contributed by atoms with Crippen LogP contribution in [0.2, 0.25) is 0 Å². The first kappa shape index (κ1) is 34.2. The third kappa shape index (κ3) is 33.2. The number of aliphatic hydroxyl groups is 1. The van der Waals surface area contributed by atoms with Crippen LogP contribution in [0.25, 0.3) is 0 Å². The van der Waals surface area contributed by atoms with E-state index in [0.29, 0.717) is 13.0 Å². The molecule has 0 bridgehead atoms. The maximum Gasteiger partial charge on any atom is 0.303 e. The van der Waals surface area contributed by atoms with Gasteiger partial charge in [0.25, 0.3) is 0 Å². The summed E-state index contributed by atoms with van der Waals surface area (Å²) < 4.78 is 0. The summed E-state index contributed by atoms with van der Waals surface area (Å²) in [6, 6.07) is 0. The third-order valence-electron chi connectivity index (χ3n) is 7.21. The molecule has 2 N–H and O–H groups in total. The van der Waals surface area contributed by atoms with Gasteiger partial charge < -0.3 is 10.2 Å². The highest BCUT2D eigenvalue weighted by Gasteiger charge is 1.97. The highest BCUT2D eigenvalue weighted by Crippen LogP contribution is 2.15. The number of hydrogen-bond donors (Lipinski definition) is 2. The van der Waals surface area contributed by atoms with Gasteiger partial charge in [0.1, 0.15) is 0 Å². The number of aliphatic hydroxyl groups excluding tert-OH is 1. The quantitative estimate of drug-likeness (QED) is 0.0771. The number of carboxylic acids is 1. The van der Waals surface area contributed by atoms with Gasteiger partial charge >= 0.3 is 5.97 Å². The SMILES string of the molecule is O=C(O)CCCCCCCCCCCCCCCCCCCCC/C=C/CCCCCCCCO. The van der Waals surface area contributed by atoms with E-state index in [-0.39, 0.29) is 0 Å². The van der Waals surface area contributed by atoms with Crippen LogP contribution in [0.3, 0.4) is 0 Å². The van der Waals surface area contributed by atoms with Crippen molar-refractivity contribution in [2.45, 2.75) is 180 Å². The molecule has 0 aliphatic heterocycles. The molecule has 0 spiro atoms. The van der Waals surface area contributed by atoms with Gasteiger partial charge in [0, 0.05) is 13.0 Å². The molecular weight excluding hydrogens is 432 g/mol. The van der Waals surface area contributed by atoms with Gasteiger partial charge in [0.05, 0.1) is 0 Å². The predicted molar refractivity (Wildman–Crippen MR) is 153 cm³/mol. The van der Waals surface area contributed by atoms with Crippen LogP contribution in [0.15, 0.2) is 12.2 Å². The maximum atomic E-state index is 10.5. The Bertz CT molecular complexity index is 433. The zero-order valence-electron chi connectivity index (χ0n) is 23.5. The average molecular weight is 495 g/mol. The first-order chi connectivity index (χ1) is 17.3. The second-order valence-corrected chi connectivity index (χ2v) is 10.8. The molecule has 0 rings (SSSR count). The van der Waals surface area contributed by atoms with E-state index in [0.717, 1.165) is 19.3 Å². The lowest BCUT2D eigenvalue weighted by molar-refractivity contribution is -0.137. The summed E-state index contributed by atoms with van der Waals surface area (Å²) in [5, 5.41) is 17.4. The number of rotatable bonds is 30. The van der Waals surface area contributed by atoms with E-state index < -0.39 is 5.97 Å². The minimum absolute atomic E-state index is 0.341. The molecule has 3 nitrogen and oxygen atoms in total. The molecule has 0 atom stereocenters. The van der Waals surface area contributed by atoms with Gasteiger partial charge in [-0.3, -0.25) is 4.79 Å². The van der Waals surface area contributed by atoms with Gasteiger partial charge in [-0.25, -0.2) is 0 Å². The summed E-state index contributed by atoms with van der Waals surface area (Å²) >= 11 is 0. The Morgan fingerprint density at radius 1 is 0.400 bits per heavy atom. The minimum Gasteiger partial charge on any atom is -0.481 e. The molecule has 0 radical (unpaired) electrons. The molecule has 0 aliphatic rings. The van der Waals surface area contributed by atoms with Gasteiger partial charge in [0.2, 0.25) is 0 Å². The van der Waals surface area contributed by atoms with Crippen molar-refractivity contribution in [1.29, 1.82) is 0 Å². The zero-order chi connectivity index (χ0) is 25.5. The average Bonchev–Trinajstić information content (AvgIpc) is 2.85. The number of carboxylic acid groups (broad SMARTS) is 1. The Balaban J connectivity index is 3.07. The van der Waals surface area contributed by atoms with Crippen molar-refractivity contribution < 1.29 is 15.0 Å². The van der Waals surface area contributed by atoms with Crippen molar-refractivity contribution in [2.75, 3.05) is 6.61 Å². The topological polar surface area (TPSA) is 57.5 Å². The molecule has 0 aromatic carbocycles. The van der Waals surface area contributed by atoms with Crippen LogP contribution >= 0.6 is 0 Å². The lowest BCUT2D eigenvalue weighted by Crippen LogP contribution is -1.93. The molecule has 3 heteroatoms. The first-order valence-corrected chi connectivity index (χ1v) is 15.7. The molecule has 0 aliphatic carbocycles. The van der Waals surface area contributed by atoms with E-state index in [2.05, 4.69) is 12.2 Å². The van der Waals surface area contributed by atoms with Crippen LogP contribution in [-0.4, -0.2) is 22.8 Å². The Labute approximate surface area is 219 Å². The summed E-state index contributed by atoms with van der Waals surface area (Å²) in [5.41, 5.74) is 0. The Kier molecular flexibility index (Phi) is 30.5. The van der Waals surface area contributed by atoms with E-state index in [9.17, 15) is 4.79 Å². The number of hydrogen-bond acceptors (Lipinski definition) is 2. The van der Waals surface area contributed by atoms with Crippen molar-refractivity contribution >= 4 is 5.97 Å². The molecule has 0 unspecified atom stereocenters. The monoisotopic (exact) mass is 494 g/mol. The van der Waals surface area contributed by atoms with Crippen molar-refractivity contribution in [3.05, 3.63) is 12.2 Å². The van der Waals surface area contributed by atoms with Crippen molar-refractivity contribution in [3.8, 4) is 0 Å². The third-order valence-corrected chi connectivity index (χ3v) is 7.21.